The summed E-state index contributed by atoms with van der Waals surface area (Å²) < 4.78 is 0. The summed E-state index contributed by atoms with van der Waals surface area (Å²) in [5, 5.41) is 6.48. The average Bonchev–Trinajstić information content (AvgIpc) is 3.26. The quantitative estimate of drug-likeness (QED) is 0.829. The van der Waals surface area contributed by atoms with Crippen LogP contribution in [0.4, 0.5) is 10.5 Å². The molecule has 1 aromatic rings. The number of hydrogen-bond donors (Lipinski definition) is 2. The molecule has 3 fully saturated rings. The molecular weight excluding hydrogens is 366 g/mol. The van der Waals surface area contributed by atoms with E-state index in [9.17, 15) is 9.59 Å². The van der Waals surface area contributed by atoms with Crippen LogP contribution in [-0.4, -0.2) is 64.5 Å². The normalized spacial score (nSPS) is 28.3. The van der Waals surface area contributed by atoms with Gasteiger partial charge in [-0.2, -0.15) is 0 Å². The van der Waals surface area contributed by atoms with Crippen LogP contribution >= 0.6 is 11.6 Å². The van der Waals surface area contributed by atoms with Crippen molar-refractivity contribution in [3.63, 3.8) is 0 Å². The van der Waals surface area contributed by atoms with Crippen molar-refractivity contribution in [2.24, 2.45) is 0 Å². The van der Waals surface area contributed by atoms with Crippen molar-refractivity contribution < 1.29 is 9.59 Å². The summed E-state index contributed by atoms with van der Waals surface area (Å²) in [4.78, 5) is 32.8. The van der Waals surface area contributed by atoms with Crippen molar-refractivity contribution in [3.8, 4) is 0 Å². The number of rotatable bonds is 3. The van der Waals surface area contributed by atoms with Gasteiger partial charge in [-0.05, 0) is 38.2 Å². The number of urea groups is 1. The van der Waals surface area contributed by atoms with Crippen molar-refractivity contribution in [2.75, 3.05) is 25.0 Å². The number of pyridine rings is 1. The Hall–Kier alpha value is -1.86. The van der Waals surface area contributed by atoms with Gasteiger partial charge in [-0.25, -0.2) is 4.79 Å². The highest BCUT2D eigenvalue weighted by atomic mass is 35.5. The molecule has 2 saturated heterocycles. The lowest BCUT2D eigenvalue weighted by atomic mass is 10.1. The third kappa shape index (κ3) is 3.89. The highest BCUT2D eigenvalue weighted by Gasteiger charge is 2.39. The van der Waals surface area contributed by atoms with Crippen molar-refractivity contribution in [1.82, 2.24) is 20.1 Å². The van der Waals surface area contributed by atoms with Gasteiger partial charge in [-0.15, -0.1) is 0 Å². The van der Waals surface area contributed by atoms with Crippen LogP contribution in [-0.2, 0) is 4.79 Å². The van der Waals surface area contributed by atoms with Crippen LogP contribution in [0.15, 0.2) is 12.4 Å². The number of carbonyl (C=O) groups excluding carboxylic acids is 2. The molecule has 0 radical (unpaired) electrons. The molecule has 0 spiro atoms. The zero-order valence-electron chi connectivity index (χ0n) is 15.6. The standard InChI is InChI=1S/C19H26ClN5O2/c1-12-16(20)9-21-10-17(12)23-19(27)22-13-2-3-14(8-13)24-6-7-25-15(11-24)4-5-18(25)26/h9-10,13-15H,2-8,11H2,1H3,(H2,22,23,27). The molecule has 3 atom stereocenters. The Morgan fingerprint density at radius 3 is 2.93 bits per heavy atom. The zero-order valence-corrected chi connectivity index (χ0v) is 16.3. The third-order valence-corrected chi connectivity index (χ3v) is 6.57. The van der Waals surface area contributed by atoms with E-state index in [1.165, 1.54) is 0 Å². The molecule has 4 rings (SSSR count). The monoisotopic (exact) mass is 391 g/mol. The van der Waals surface area contributed by atoms with Gasteiger partial charge in [0.05, 0.1) is 16.9 Å². The van der Waals surface area contributed by atoms with E-state index < -0.39 is 0 Å². The number of nitrogens with one attached hydrogen (secondary N) is 2. The van der Waals surface area contributed by atoms with Crippen LogP contribution in [0, 0.1) is 6.92 Å². The summed E-state index contributed by atoms with van der Waals surface area (Å²) in [6.45, 7) is 4.63. The predicted molar refractivity (Wildman–Crippen MR) is 104 cm³/mol. The van der Waals surface area contributed by atoms with Crippen LogP contribution in [0.5, 0.6) is 0 Å². The fourth-order valence-electron chi connectivity index (χ4n) is 4.61. The summed E-state index contributed by atoms with van der Waals surface area (Å²) >= 11 is 6.06. The van der Waals surface area contributed by atoms with Crippen LogP contribution in [0.3, 0.4) is 0 Å². The Labute approximate surface area is 164 Å². The fraction of sp³-hybridized carbons (Fsp3) is 0.632. The van der Waals surface area contributed by atoms with E-state index in [4.69, 9.17) is 11.6 Å². The highest BCUT2D eigenvalue weighted by Crippen LogP contribution is 2.30. The van der Waals surface area contributed by atoms with Crippen LogP contribution in [0.1, 0.15) is 37.7 Å². The van der Waals surface area contributed by atoms with Gasteiger partial charge in [0.15, 0.2) is 0 Å². The second-order valence-electron chi connectivity index (χ2n) is 7.83. The molecule has 3 aliphatic rings. The summed E-state index contributed by atoms with van der Waals surface area (Å²) in [5.41, 5.74) is 1.45. The lowest BCUT2D eigenvalue weighted by Gasteiger charge is -2.40. The first-order valence-corrected chi connectivity index (χ1v) is 10.1. The van der Waals surface area contributed by atoms with Gasteiger partial charge < -0.3 is 15.5 Å². The van der Waals surface area contributed by atoms with Crippen LogP contribution < -0.4 is 10.6 Å². The summed E-state index contributed by atoms with van der Waals surface area (Å²) in [6, 6.07) is 0.840. The number of halogens is 1. The average molecular weight is 392 g/mol. The topological polar surface area (TPSA) is 77.6 Å². The van der Waals surface area contributed by atoms with Gasteiger partial charge in [0.1, 0.15) is 0 Å². The number of piperazine rings is 1. The molecule has 1 aliphatic carbocycles. The minimum absolute atomic E-state index is 0.172. The van der Waals surface area contributed by atoms with E-state index in [-0.39, 0.29) is 12.1 Å². The van der Waals surface area contributed by atoms with E-state index >= 15 is 0 Å². The van der Waals surface area contributed by atoms with Gasteiger partial charge in [0.25, 0.3) is 0 Å². The minimum Gasteiger partial charge on any atom is -0.337 e. The van der Waals surface area contributed by atoms with Crippen LogP contribution in [0.25, 0.3) is 0 Å². The van der Waals surface area contributed by atoms with Crippen molar-refractivity contribution >= 4 is 29.2 Å². The molecule has 1 aromatic heterocycles. The summed E-state index contributed by atoms with van der Waals surface area (Å²) in [7, 11) is 0. The molecule has 2 N–H and O–H groups in total. The first-order chi connectivity index (χ1) is 13.0. The predicted octanol–water partition coefficient (Wildman–Crippen LogP) is 2.39. The van der Waals surface area contributed by atoms with Crippen molar-refractivity contribution in [1.29, 1.82) is 0 Å². The SMILES string of the molecule is Cc1c(Cl)cncc1NC(=O)NC1CCC(N2CCN3C(=O)CCC3C2)C1. The maximum absolute atomic E-state index is 12.3. The van der Waals surface area contributed by atoms with Gasteiger partial charge in [-0.3, -0.25) is 14.7 Å². The second kappa shape index (κ2) is 7.64. The molecule has 0 aromatic carbocycles. The molecular formula is C19H26ClN5O2. The Kier molecular flexibility index (Phi) is 5.23. The number of nitrogens with zero attached hydrogens (tertiary/aromatic N) is 3. The zero-order chi connectivity index (χ0) is 19.0. The fourth-order valence-corrected chi connectivity index (χ4v) is 4.77. The van der Waals surface area contributed by atoms with E-state index in [0.29, 0.717) is 35.1 Å². The van der Waals surface area contributed by atoms with Gasteiger partial charge in [-0.1, -0.05) is 11.6 Å². The first-order valence-electron chi connectivity index (χ1n) is 9.72. The van der Waals surface area contributed by atoms with Crippen LogP contribution in [0.2, 0.25) is 5.02 Å². The number of amides is 3. The maximum Gasteiger partial charge on any atom is 0.319 e. The smallest absolute Gasteiger partial charge is 0.319 e. The van der Waals surface area contributed by atoms with E-state index in [1.807, 2.05) is 6.92 Å². The summed E-state index contributed by atoms with van der Waals surface area (Å²) in [6.07, 6.45) is 7.89. The summed E-state index contributed by atoms with van der Waals surface area (Å²) in [5.74, 6) is 0.313. The Morgan fingerprint density at radius 2 is 2.07 bits per heavy atom. The van der Waals surface area contributed by atoms with Gasteiger partial charge in [0, 0.05) is 50.4 Å². The molecule has 0 bridgehead atoms. The number of hydrogen-bond acceptors (Lipinski definition) is 4. The molecule has 3 unspecified atom stereocenters. The molecule has 3 amide bonds. The first kappa shape index (κ1) is 18.5. The minimum atomic E-state index is -0.209. The molecule has 3 heterocycles. The molecule has 27 heavy (non-hydrogen) atoms. The Morgan fingerprint density at radius 1 is 1.22 bits per heavy atom. The van der Waals surface area contributed by atoms with E-state index in [0.717, 1.165) is 50.9 Å². The lowest BCUT2D eigenvalue weighted by molar-refractivity contribution is -0.131. The third-order valence-electron chi connectivity index (χ3n) is 6.18. The maximum atomic E-state index is 12.3. The lowest BCUT2D eigenvalue weighted by Crippen LogP contribution is -2.54. The van der Waals surface area contributed by atoms with Crippen molar-refractivity contribution in [3.05, 3.63) is 23.0 Å². The molecule has 2 aliphatic heterocycles. The van der Waals surface area contributed by atoms with Gasteiger partial charge in [0.2, 0.25) is 5.91 Å². The Balaban J connectivity index is 1.28. The Bertz CT molecular complexity index is 743. The molecule has 7 nitrogen and oxygen atoms in total. The number of aromatic nitrogens is 1. The molecule has 1 saturated carbocycles. The largest absolute Gasteiger partial charge is 0.337 e. The van der Waals surface area contributed by atoms with E-state index in [1.54, 1.807) is 12.4 Å². The number of carbonyl (C=O) groups is 2. The van der Waals surface area contributed by atoms with Crippen molar-refractivity contribution in [2.45, 2.75) is 57.2 Å². The van der Waals surface area contributed by atoms with Gasteiger partial charge >= 0.3 is 6.03 Å². The molecule has 146 valence electrons. The van der Waals surface area contributed by atoms with E-state index in [2.05, 4.69) is 25.4 Å². The molecule has 8 heteroatoms. The number of anilines is 1. The second-order valence-corrected chi connectivity index (χ2v) is 8.24. The highest BCUT2D eigenvalue weighted by molar-refractivity contribution is 6.31. The number of fused-ring (bicyclic) bond motifs is 1.